The minimum atomic E-state index is -3.90. The zero-order chi connectivity index (χ0) is 23.6. The summed E-state index contributed by atoms with van der Waals surface area (Å²) in [4.78, 5) is 17.8. The van der Waals surface area contributed by atoms with Gasteiger partial charge in [-0.15, -0.1) is 11.3 Å². The Balaban J connectivity index is 1.81. The Morgan fingerprint density at radius 2 is 2.06 bits per heavy atom. The van der Waals surface area contributed by atoms with Crippen molar-refractivity contribution in [2.75, 3.05) is 23.2 Å². The van der Waals surface area contributed by atoms with Gasteiger partial charge < -0.3 is 10.0 Å². The minimum absolute atomic E-state index is 0.0268. The quantitative estimate of drug-likeness (QED) is 0.461. The Kier molecular flexibility index (Phi) is 7.11. The van der Waals surface area contributed by atoms with Gasteiger partial charge in [0, 0.05) is 25.8 Å². The molecule has 0 unspecified atom stereocenters. The van der Waals surface area contributed by atoms with E-state index in [0.29, 0.717) is 17.3 Å². The molecule has 0 bridgehead atoms. The second kappa shape index (κ2) is 9.47. The third-order valence-electron chi connectivity index (χ3n) is 5.05. The molecule has 0 saturated heterocycles. The Labute approximate surface area is 195 Å². The number of nitrogens with one attached hydrogen (secondary N) is 1. The standard InChI is InChI=1S/C20H24ClN5O4S2/c1-5-26-13(3)15(12(2)23-26)8-9-25(4)19-16(20(27)28)10-14(11-22-19)24-32(29,30)18-7-6-17(21)31-18/h6-7,10-11,24H,5,8-9H2,1-4H3,(H,27,28). The molecule has 0 aliphatic rings. The summed E-state index contributed by atoms with van der Waals surface area (Å²) in [6.45, 7) is 7.30. The minimum Gasteiger partial charge on any atom is -0.478 e. The zero-order valence-electron chi connectivity index (χ0n) is 18.1. The molecule has 0 amide bonds. The summed E-state index contributed by atoms with van der Waals surface area (Å²) in [5.74, 6) is -0.955. The molecule has 172 valence electrons. The number of likely N-dealkylation sites (N-methyl/N-ethyl adjacent to an activating group) is 1. The van der Waals surface area contributed by atoms with Crippen LogP contribution >= 0.6 is 22.9 Å². The van der Waals surface area contributed by atoms with Crippen molar-refractivity contribution in [3.05, 3.63) is 51.2 Å². The number of sulfonamides is 1. The molecular weight excluding hydrogens is 474 g/mol. The molecule has 2 N–H and O–H groups in total. The van der Waals surface area contributed by atoms with E-state index in [4.69, 9.17) is 11.6 Å². The fourth-order valence-corrected chi connectivity index (χ4v) is 5.93. The highest BCUT2D eigenvalue weighted by atomic mass is 35.5. The van der Waals surface area contributed by atoms with E-state index in [1.165, 1.54) is 24.4 Å². The van der Waals surface area contributed by atoms with E-state index in [0.717, 1.165) is 34.8 Å². The number of anilines is 2. The highest BCUT2D eigenvalue weighted by Gasteiger charge is 2.21. The van der Waals surface area contributed by atoms with Gasteiger partial charge in [0.25, 0.3) is 10.0 Å². The summed E-state index contributed by atoms with van der Waals surface area (Å²) in [5, 5.41) is 14.2. The fourth-order valence-electron chi connectivity index (χ4n) is 3.41. The summed E-state index contributed by atoms with van der Waals surface area (Å²) < 4.78 is 29.7. The molecule has 0 fully saturated rings. The van der Waals surface area contributed by atoms with Gasteiger partial charge in [0.15, 0.2) is 0 Å². The van der Waals surface area contributed by atoms with Gasteiger partial charge in [0.2, 0.25) is 0 Å². The summed E-state index contributed by atoms with van der Waals surface area (Å²) in [5.41, 5.74) is 3.11. The lowest BCUT2D eigenvalue weighted by Gasteiger charge is -2.21. The molecule has 0 aliphatic carbocycles. The van der Waals surface area contributed by atoms with Crippen molar-refractivity contribution in [3.8, 4) is 0 Å². The van der Waals surface area contributed by atoms with Crippen LogP contribution in [0, 0.1) is 13.8 Å². The molecule has 3 heterocycles. The monoisotopic (exact) mass is 497 g/mol. The van der Waals surface area contributed by atoms with Gasteiger partial charge >= 0.3 is 5.97 Å². The molecule has 0 spiro atoms. The molecular formula is C20H24ClN5O4S2. The number of rotatable bonds is 9. The number of aromatic carboxylic acids is 1. The van der Waals surface area contributed by atoms with Crippen LogP contribution in [0.3, 0.4) is 0 Å². The predicted octanol–water partition coefficient (Wildman–Crippen LogP) is 3.81. The number of hydrogen-bond donors (Lipinski definition) is 2. The van der Waals surface area contributed by atoms with E-state index in [2.05, 4.69) is 14.8 Å². The second-order valence-corrected chi connectivity index (χ2v) is 10.8. The van der Waals surface area contributed by atoms with Crippen molar-refractivity contribution in [1.29, 1.82) is 0 Å². The molecule has 32 heavy (non-hydrogen) atoms. The first kappa shape index (κ1) is 24.0. The van der Waals surface area contributed by atoms with Crippen molar-refractivity contribution >= 4 is 50.4 Å². The van der Waals surface area contributed by atoms with Crippen LogP contribution in [-0.4, -0.2) is 47.9 Å². The Morgan fingerprint density at radius 3 is 2.62 bits per heavy atom. The molecule has 3 aromatic rings. The summed E-state index contributed by atoms with van der Waals surface area (Å²) in [7, 11) is -2.14. The number of aromatic nitrogens is 3. The number of pyridine rings is 1. The van der Waals surface area contributed by atoms with E-state index in [-0.39, 0.29) is 21.3 Å². The molecule has 12 heteroatoms. The van der Waals surface area contributed by atoms with E-state index in [9.17, 15) is 18.3 Å². The van der Waals surface area contributed by atoms with Crippen LogP contribution in [0.15, 0.2) is 28.6 Å². The van der Waals surface area contributed by atoms with Crippen LogP contribution < -0.4 is 9.62 Å². The first-order valence-corrected chi connectivity index (χ1v) is 12.5. The molecule has 0 radical (unpaired) electrons. The van der Waals surface area contributed by atoms with Gasteiger partial charge in [-0.3, -0.25) is 9.40 Å². The van der Waals surface area contributed by atoms with E-state index in [1.807, 2.05) is 25.5 Å². The van der Waals surface area contributed by atoms with Crippen LogP contribution in [0.2, 0.25) is 4.34 Å². The third kappa shape index (κ3) is 5.05. The Hall–Kier alpha value is -2.63. The zero-order valence-corrected chi connectivity index (χ0v) is 20.5. The summed E-state index contributed by atoms with van der Waals surface area (Å²) in [6.07, 6.45) is 1.97. The van der Waals surface area contributed by atoms with Gasteiger partial charge in [0.05, 0.1) is 21.9 Å². The lowest BCUT2D eigenvalue weighted by atomic mass is 10.1. The van der Waals surface area contributed by atoms with Crippen molar-refractivity contribution in [2.45, 2.75) is 37.9 Å². The maximum atomic E-state index is 12.5. The van der Waals surface area contributed by atoms with Gasteiger partial charge in [-0.25, -0.2) is 18.2 Å². The van der Waals surface area contributed by atoms with Crippen molar-refractivity contribution in [1.82, 2.24) is 14.8 Å². The molecule has 9 nitrogen and oxygen atoms in total. The van der Waals surface area contributed by atoms with E-state index >= 15 is 0 Å². The maximum Gasteiger partial charge on any atom is 0.339 e. The first-order valence-electron chi connectivity index (χ1n) is 9.79. The molecule has 0 aromatic carbocycles. The SMILES string of the molecule is CCn1nc(C)c(CCN(C)c2ncc(NS(=O)(=O)c3ccc(Cl)s3)cc2C(=O)O)c1C. The topological polar surface area (TPSA) is 117 Å². The van der Waals surface area contributed by atoms with Crippen molar-refractivity contribution < 1.29 is 18.3 Å². The number of carbonyl (C=O) groups is 1. The lowest BCUT2D eigenvalue weighted by Crippen LogP contribution is -2.24. The first-order chi connectivity index (χ1) is 15.0. The largest absolute Gasteiger partial charge is 0.478 e. The van der Waals surface area contributed by atoms with Gasteiger partial charge in [0.1, 0.15) is 15.6 Å². The van der Waals surface area contributed by atoms with Crippen molar-refractivity contribution in [3.63, 3.8) is 0 Å². The number of aryl methyl sites for hydroxylation is 2. The van der Waals surface area contributed by atoms with E-state index < -0.39 is 16.0 Å². The highest BCUT2D eigenvalue weighted by molar-refractivity contribution is 7.94. The maximum absolute atomic E-state index is 12.5. The lowest BCUT2D eigenvalue weighted by molar-refractivity contribution is 0.0697. The number of carboxylic acids is 1. The third-order valence-corrected chi connectivity index (χ3v) is 8.16. The Bertz CT molecular complexity index is 1250. The van der Waals surface area contributed by atoms with E-state index in [1.54, 1.807) is 11.9 Å². The average molecular weight is 498 g/mol. The molecule has 0 atom stereocenters. The van der Waals surface area contributed by atoms with Gasteiger partial charge in [-0.1, -0.05) is 11.6 Å². The molecule has 0 saturated carbocycles. The van der Waals surface area contributed by atoms with Crippen LogP contribution in [0.1, 0.15) is 34.2 Å². The molecule has 3 rings (SSSR count). The molecule has 0 aliphatic heterocycles. The number of thiophene rings is 1. The van der Waals surface area contributed by atoms with Crippen LogP contribution in [0.5, 0.6) is 0 Å². The summed E-state index contributed by atoms with van der Waals surface area (Å²) >= 11 is 6.73. The Morgan fingerprint density at radius 1 is 1.34 bits per heavy atom. The number of nitrogens with zero attached hydrogens (tertiary/aromatic N) is 4. The fraction of sp³-hybridized carbons (Fsp3) is 0.350. The van der Waals surface area contributed by atoms with Crippen LogP contribution in [0.25, 0.3) is 0 Å². The number of carboxylic acid groups (broad SMARTS) is 1. The van der Waals surface area contributed by atoms with Gasteiger partial charge in [-0.2, -0.15) is 5.10 Å². The smallest absolute Gasteiger partial charge is 0.339 e. The second-order valence-electron chi connectivity index (χ2n) is 7.20. The average Bonchev–Trinajstić information content (AvgIpc) is 3.29. The van der Waals surface area contributed by atoms with Crippen LogP contribution in [-0.2, 0) is 23.0 Å². The number of halogens is 1. The predicted molar refractivity (Wildman–Crippen MR) is 126 cm³/mol. The van der Waals surface area contributed by atoms with Gasteiger partial charge in [-0.05, 0) is 51.0 Å². The number of hydrogen-bond acceptors (Lipinski definition) is 7. The van der Waals surface area contributed by atoms with Crippen molar-refractivity contribution in [2.24, 2.45) is 0 Å². The van der Waals surface area contributed by atoms with Crippen LogP contribution in [0.4, 0.5) is 11.5 Å². The molecule has 3 aromatic heterocycles. The highest BCUT2D eigenvalue weighted by Crippen LogP contribution is 2.28. The summed E-state index contributed by atoms with van der Waals surface area (Å²) in [6, 6.07) is 4.13. The normalized spacial score (nSPS) is 11.5.